The molecule has 0 unspecified atom stereocenters. The van der Waals surface area contributed by atoms with Crippen LogP contribution in [0.3, 0.4) is 0 Å². The molecule has 0 spiro atoms. The van der Waals surface area contributed by atoms with Crippen molar-refractivity contribution in [2.45, 2.75) is 5.16 Å². The van der Waals surface area contributed by atoms with E-state index in [4.69, 9.17) is 0 Å². The second-order valence-electron chi connectivity index (χ2n) is 1.69. The van der Waals surface area contributed by atoms with Crippen LogP contribution in [0.4, 0.5) is 0 Å². The van der Waals surface area contributed by atoms with Gasteiger partial charge in [0.1, 0.15) is 0 Å². The maximum Gasteiger partial charge on any atom is 0.175 e. The zero-order chi connectivity index (χ0) is 6.10. The Kier molecular flexibility index (Phi) is 1.05. The van der Waals surface area contributed by atoms with Gasteiger partial charge >= 0.3 is 0 Å². The lowest BCUT2D eigenvalue weighted by atomic mass is 10.9. The minimum atomic E-state index is 0.803. The first-order valence-corrected chi connectivity index (χ1v) is 3.61. The number of rotatable bonds is 0. The average molecular weight is 139 g/mol. The summed E-state index contributed by atoms with van der Waals surface area (Å²) >= 11 is 1.65. The van der Waals surface area contributed by atoms with E-state index in [9.17, 15) is 0 Å². The number of nitrogens with zero attached hydrogens (tertiary/aromatic N) is 3. The normalized spacial score (nSPS) is 15.6. The molecule has 0 radical (unpaired) electrons. The third-order valence-electron chi connectivity index (χ3n) is 1.11. The number of aliphatic imine (C=N–C) groups is 1. The van der Waals surface area contributed by atoms with Crippen molar-refractivity contribution in [3.63, 3.8) is 0 Å². The van der Waals surface area contributed by atoms with Gasteiger partial charge in [-0.1, -0.05) is 11.8 Å². The van der Waals surface area contributed by atoms with Crippen LogP contribution in [0.1, 0.15) is 0 Å². The Balaban J connectivity index is 2.53. The predicted octanol–water partition coefficient (Wildman–Crippen LogP) is 0.823. The van der Waals surface area contributed by atoms with Gasteiger partial charge in [0.15, 0.2) is 5.16 Å². The van der Waals surface area contributed by atoms with Gasteiger partial charge in [-0.15, -0.1) is 0 Å². The minimum absolute atomic E-state index is 0.803. The highest BCUT2D eigenvalue weighted by molar-refractivity contribution is 7.99. The molecule has 1 aromatic rings. The monoisotopic (exact) mass is 139 g/mol. The van der Waals surface area contributed by atoms with Gasteiger partial charge in [0.05, 0.1) is 12.2 Å². The molecule has 4 heteroatoms. The van der Waals surface area contributed by atoms with Gasteiger partial charge in [-0.25, -0.2) is 4.98 Å². The summed E-state index contributed by atoms with van der Waals surface area (Å²) in [5, 5.41) is 1.03. The number of aromatic nitrogens is 2. The van der Waals surface area contributed by atoms with Crippen LogP contribution in [-0.2, 0) is 0 Å². The van der Waals surface area contributed by atoms with Crippen LogP contribution < -0.4 is 0 Å². The smallest absolute Gasteiger partial charge is 0.175 e. The molecule has 1 aliphatic rings. The van der Waals surface area contributed by atoms with Crippen LogP contribution in [0.15, 0.2) is 22.5 Å². The van der Waals surface area contributed by atoms with Gasteiger partial charge in [-0.05, 0) is 0 Å². The molecule has 0 saturated heterocycles. The molecule has 9 heavy (non-hydrogen) atoms. The fourth-order valence-electron chi connectivity index (χ4n) is 0.715. The fraction of sp³-hybridized carbons (Fsp3) is 0.200. The highest BCUT2D eigenvalue weighted by Crippen LogP contribution is 2.16. The van der Waals surface area contributed by atoms with E-state index in [0.29, 0.717) is 0 Å². The lowest BCUT2D eigenvalue weighted by Gasteiger charge is -2.03. The highest BCUT2D eigenvalue weighted by atomic mass is 32.2. The lowest BCUT2D eigenvalue weighted by molar-refractivity contribution is 0.942. The number of fused-ring (bicyclic) bond motifs is 1. The van der Waals surface area contributed by atoms with Gasteiger partial charge < -0.3 is 0 Å². The molecule has 1 aromatic heterocycles. The van der Waals surface area contributed by atoms with E-state index in [2.05, 4.69) is 9.98 Å². The third-order valence-corrected chi connectivity index (χ3v) is 1.96. The number of hydrogen-bond acceptors (Lipinski definition) is 3. The summed E-state index contributed by atoms with van der Waals surface area (Å²) in [6.07, 6.45) is 5.46. The van der Waals surface area contributed by atoms with Crippen molar-refractivity contribution in [2.75, 3.05) is 5.88 Å². The second-order valence-corrected chi connectivity index (χ2v) is 2.60. The maximum absolute atomic E-state index is 4.09. The molecule has 2 rings (SSSR count). The first-order valence-electron chi connectivity index (χ1n) is 2.62. The fourth-order valence-corrected chi connectivity index (χ4v) is 1.36. The molecule has 0 aromatic carbocycles. The first-order chi connectivity index (χ1) is 4.47. The zero-order valence-corrected chi connectivity index (χ0v) is 5.51. The molecule has 0 bridgehead atoms. The number of hydrogen-bond donors (Lipinski definition) is 0. The summed E-state index contributed by atoms with van der Waals surface area (Å²) < 4.78 is 1.91. The lowest BCUT2D eigenvalue weighted by Crippen LogP contribution is -2.00. The summed E-state index contributed by atoms with van der Waals surface area (Å²) in [6.45, 7) is 0. The summed E-state index contributed by atoms with van der Waals surface area (Å²) in [7, 11) is 0. The number of thioether (sulfide) groups is 1. The molecule has 0 atom stereocenters. The standard InChI is InChI=1S/C5H5N3S/c1-2-8-3-6-4-9-5(8)7-1/h1-3H,4H2. The largest absolute Gasteiger partial charge is 0.285 e. The SMILES string of the molecule is C1=NCSc2nccn21. The minimum Gasteiger partial charge on any atom is -0.285 e. The van der Waals surface area contributed by atoms with Crippen LogP contribution in [0.2, 0.25) is 0 Å². The van der Waals surface area contributed by atoms with Crippen molar-refractivity contribution < 1.29 is 0 Å². The average Bonchev–Trinajstić information content (AvgIpc) is 2.33. The van der Waals surface area contributed by atoms with Crippen LogP contribution in [0.5, 0.6) is 0 Å². The Morgan fingerprint density at radius 2 is 2.67 bits per heavy atom. The van der Waals surface area contributed by atoms with Gasteiger partial charge in [0.25, 0.3) is 0 Å². The first kappa shape index (κ1) is 5.05. The van der Waals surface area contributed by atoms with Crippen molar-refractivity contribution in [3.05, 3.63) is 12.4 Å². The van der Waals surface area contributed by atoms with E-state index in [1.165, 1.54) is 0 Å². The molecule has 3 nitrogen and oxygen atoms in total. The van der Waals surface area contributed by atoms with E-state index in [1.54, 1.807) is 24.3 Å². The van der Waals surface area contributed by atoms with E-state index < -0.39 is 0 Å². The Hall–Kier alpha value is -0.770. The molecule has 0 fully saturated rings. The molecular formula is C5H5N3S. The molecule has 0 amide bonds. The summed E-state index contributed by atoms with van der Waals surface area (Å²) in [4.78, 5) is 8.14. The Morgan fingerprint density at radius 3 is 3.56 bits per heavy atom. The predicted molar refractivity (Wildman–Crippen MR) is 36.8 cm³/mol. The summed E-state index contributed by atoms with van der Waals surface area (Å²) in [5.41, 5.74) is 0. The summed E-state index contributed by atoms with van der Waals surface area (Å²) in [6, 6.07) is 0. The molecule has 0 N–H and O–H groups in total. The quantitative estimate of drug-likeness (QED) is 0.532. The van der Waals surface area contributed by atoms with Crippen LogP contribution >= 0.6 is 11.8 Å². The van der Waals surface area contributed by atoms with Crippen molar-refractivity contribution >= 4 is 18.1 Å². The van der Waals surface area contributed by atoms with Crippen LogP contribution in [0.25, 0.3) is 0 Å². The van der Waals surface area contributed by atoms with Gasteiger partial charge in [0.2, 0.25) is 0 Å². The van der Waals surface area contributed by atoms with Gasteiger partial charge in [-0.3, -0.25) is 9.56 Å². The van der Waals surface area contributed by atoms with E-state index in [0.717, 1.165) is 11.0 Å². The number of imidazole rings is 1. The van der Waals surface area contributed by atoms with Crippen molar-refractivity contribution in [3.8, 4) is 0 Å². The topological polar surface area (TPSA) is 30.2 Å². The third kappa shape index (κ3) is 0.751. The molecule has 2 heterocycles. The second kappa shape index (κ2) is 1.88. The maximum atomic E-state index is 4.09. The van der Waals surface area contributed by atoms with Gasteiger partial charge in [0, 0.05) is 12.4 Å². The van der Waals surface area contributed by atoms with Crippen molar-refractivity contribution in [1.29, 1.82) is 0 Å². The Labute approximate surface area is 56.8 Å². The zero-order valence-electron chi connectivity index (χ0n) is 4.69. The van der Waals surface area contributed by atoms with Crippen molar-refractivity contribution in [1.82, 2.24) is 9.55 Å². The van der Waals surface area contributed by atoms with E-state index in [-0.39, 0.29) is 0 Å². The molecular weight excluding hydrogens is 134 g/mol. The Morgan fingerprint density at radius 1 is 1.67 bits per heavy atom. The molecule has 0 aliphatic carbocycles. The molecule has 0 saturated carbocycles. The van der Waals surface area contributed by atoms with E-state index in [1.807, 2.05) is 10.8 Å². The highest BCUT2D eigenvalue weighted by Gasteiger charge is 2.03. The van der Waals surface area contributed by atoms with Crippen LogP contribution in [-0.4, -0.2) is 21.8 Å². The van der Waals surface area contributed by atoms with Crippen LogP contribution in [0, 0.1) is 0 Å². The van der Waals surface area contributed by atoms with E-state index >= 15 is 0 Å². The van der Waals surface area contributed by atoms with Crippen molar-refractivity contribution in [2.24, 2.45) is 4.99 Å². The summed E-state index contributed by atoms with van der Waals surface area (Å²) in [5.74, 6) is 0.803. The van der Waals surface area contributed by atoms with Gasteiger partial charge in [-0.2, -0.15) is 0 Å². The Bertz CT molecular complexity index is 240. The molecule has 1 aliphatic heterocycles. The molecule has 46 valence electrons.